The van der Waals surface area contributed by atoms with Crippen molar-refractivity contribution < 1.29 is 37.1 Å². The number of rotatable bonds is 12. The zero-order chi connectivity index (χ0) is 40.4. The number of nitrogens with one attached hydrogen (secondary N) is 1. The van der Waals surface area contributed by atoms with Crippen LogP contribution in [0.2, 0.25) is 0 Å². The number of hydrogen-bond acceptors (Lipinski definition) is 9. The van der Waals surface area contributed by atoms with E-state index in [1.54, 1.807) is 43.0 Å². The molecule has 0 bridgehead atoms. The van der Waals surface area contributed by atoms with Crippen LogP contribution in [0.4, 0.5) is 24.5 Å². The molecule has 3 fully saturated rings. The molecule has 3 amide bonds. The van der Waals surface area contributed by atoms with E-state index in [1.165, 1.54) is 6.07 Å². The molecule has 3 aliphatic rings. The summed E-state index contributed by atoms with van der Waals surface area (Å²) in [5, 5.41) is 11.6. The van der Waals surface area contributed by atoms with Gasteiger partial charge in [-0.05, 0) is 102 Å². The molecule has 1 atom stereocenters. The summed E-state index contributed by atoms with van der Waals surface area (Å²) in [5.74, 6) is -0.557. The second-order valence-corrected chi connectivity index (χ2v) is 15.8. The van der Waals surface area contributed by atoms with E-state index in [1.807, 2.05) is 24.3 Å². The van der Waals surface area contributed by atoms with Crippen molar-refractivity contribution in [2.24, 2.45) is 5.92 Å². The Morgan fingerprint density at radius 3 is 2.38 bits per heavy atom. The van der Waals surface area contributed by atoms with E-state index in [4.69, 9.17) is 17.0 Å². The van der Waals surface area contributed by atoms with Crippen LogP contribution in [0.1, 0.15) is 48.9 Å². The van der Waals surface area contributed by atoms with Gasteiger partial charge in [0.15, 0.2) is 10.9 Å². The third-order valence-electron chi connectivity index (χ3n) is 10.3. The SMILES string of the molecule is CC1(C)C(=O)N(c2ccc(C#N)c(C(F)(F)F)c2)C(=S)N1c1ccc(OCCN2CCN(CC(=O)Cc3cccc(CC4CCC(=O)NC4=O)c3)CC2)c(Br)c1. The molecule has 11 nitrogen and oxygen atoms in total. The average molecular weight is 854 g/mol. The number of ketones is 1. The number of amides is 3. The molecule has 1 unspecified atom stereocenters. The fraction of sp³-hybridized carbons (Fsp3) is 0.400. The molecule has 0 radical (unpaired) electrons. The maximum atomic E-state index is 13.7. The van der Waals surface area contributed by atoms with Gasteiger partial charge in [-0.1, -0.05) is 24.3 Å². The first-order chi connectivity index (χ1) is 26.5. The maximum Gasteiger partial charge on any atom is 0.417 e. The molecule has 0 saturated carbocycles. The largest absolute Gasteiger partial charge is 0.491 e. The number of carbonyl (C=O) groups is 4. The highest BCUT2D eigenvalue weighted by atomic mass is 79.9. The smallest absolute Gasteiger partial charge is 0.417 e. The molecule has 56 heavy (non-hydrogen) atoms. The van der Waals surface area contributed by atoms with Gasteiger partial charge in [0, 0.05) is 57.2 Å². The minimum atomic E-state index is -4.80. The van der Waals surface area contributed by atoms with Crippen LogP contribution in [0.25, 0.3) is 0 Å². The highest BCUT2D eigenvalue weighted by molar-refractivity contribution is 9.10. The summed E-state index contributed by atoms with van der Waals surface area (Å²) in [6.07, 6.45) is -3.09. The fourth-order valence-corrected chi connectivity index (χ4v) is 8.28. The first kappa shape index (κ1) is 41.0. The average Bonchev–Trinajstić information content (AvgIpc) is 3.32. The molecule has 1 N–H and O–H groups in total. The van der Waals surface area contributed by atoms with Crippen LogP contribution in [-0.4, -0.2) is 89.8 Å². The molecule has 3 aromatic rings. The van der Waals surface area contributed by atoms with Crippen LogP contribution in [0.15, 0.2) is 65.1 Å². The zero-order valence-electron chi connectivity index (χ0n) is 30.8. The van der Waals surface area contributed by atoms with Crippen molar-refractivity contribution in [1.29, 1.82) is 5.26 Å². The van der Waals surface area contributed by atoms with Gasteiger partial charge in [0.25, 0.3) is 5.91 Å². The molecule has 0 spiro atoms. The van der Waals surface area contributed by atoms with Crippen molar-refractivity contribution in [2.45, 2.75) is 51.2 Å². The standard InChI is InChI=1S/C40H40BrF3N6O5S/c1-39(2)37(54)49(29-8-6-28(23-45)32(21-29)40(42,43)44)38(56)50(39)30-9-10-34(33(41)22-30)55-17-16-47-12-14-48(15-13-47)24-31(51)20-26-5-3-4-25(18-26)19-27-7-11-35(52)46-36(27)53/h3-6,8-10,18,21-22,27H,7,11-17,19-20,24H2,1-2H3,(H,46,52,53). The number of Topliss-reactive ketones (excluding diaryl/α,β-unsaturated/α-hetero) is 1. The number of piperidine rings is 1. The Balaban J connectivity index is 0.976. The summed E-state index contributed by atoms with van der Waals surface area (Å²) in [5.41, 5.74) is -0.605. The Hall–Kier alpha value is -4.69. The topological polar surface area (TPSA) is 126 Å². The minimum absolute atomic E-state index is 0.00419. The van der Waals surface area contributed by atoms with E-state index in [-0.39, 0.29) is 34.3 Å². The minimum Gasteiger partial charge on any atom is -0.491 e. The van der Waals surface area contributed by atoms with Crippen molar-refractivity contribution >= 4 is 68.1 Å². The fourth-order valence-electron chi connectivity index (χ4n) is 7.28. The lowest BCUT2D eigenvalue weighted by atomic mass is 9.90. The van der Waals surface area contributed by atoms with Crippen LogP contribution < -0.4 is 19.9 Å². The van der Waals surface area contributed by atoms with Gasteiger partial charge >= 0.3 is 6.18 Å². The number of benzene rings is 3. The monoisotopic (exact) mass is 852 g/mol. The number of hydrogen-bond donors (Lipinski definition) is 1. The van der Waals surface area contributed by atoms with Gasteiger partial charge in [-0.2, -0.15) is 18.4 Å². The Bertz CT molecular complexity index is 2100. The summed E-state index contributed by atoms with van der Waals surface area (Å²) in [6, 6.07) is 17.6. The van der Waals surface area contributed by atoms with E-state index in [2.05, 4.69) is 31.0 Å². The molecule has 3 heterocycles. The number of piperazine rings is 1. The summed E-state index contributed by atoms with van der Waals surface area (Å²) in [7, 11) is 0. The lowest BCUT2D eigenvalue weighted by molar-refractivity contribution is -0.138. The molecule has 3 saturated heterocycles. The van der Waals surface area contributed by atoms with Crippen molar-refractivity contribution in [1.82, 2.24) is 15.1 Å². The molecule has 294 valence electrons. The Morgan fingerprint density at radius 2 is 1.70 bits per heavy atom. The number of nitriles is 1. The normalized spacial score (nSPS) is 19.3. The van der Waals surface area contributed by atoms with Gasteiger partial charge in [0.1, 0.15) is 17.9 Å². The summed E-state index contributed by atoms with van der Waals surface area (Å²) >= 11 is 9.21. The van der Waals surface area contributed by atoms with E-state index >= 15 is 0 Å². The number of thiocarbonyl (C=S) groups is 1. The van der Waals surface area contributed by atoms with Gasteiger partial charge in [-0.25, -0.2) is 0 Å². The van der Waals surface area contributed by atoms with Crippen LogP contribution in [0.3, 0.4) is 0 Å². The molecule has 3 aromatic carbocycles. The highest BCUT2D eigenvalue weighted by Crippen LogP contribution is 2.41. The third-order valence-corrected chi connectivity index (χ3v) is 11.3. The summed E-state index contributed by atoms with van der Waals surface area (Å²) in [4.78, 5) is 57.3. The van der Waals surface area contributed by atoms with Crippen LogP contribution in [0, 0.1) is 17.2 Å². The van der Waals surface area contributed by atoms with Crippen LogP contribution >= 0.6 is 28.1 Å². The highest BCUT2D eigenvalue weighted by Gasteiger charge is 2.51. The van der Waals surface area contributed by atoms with Gasteiger partial charge in [-0.15, -0.1) is 0 Å². The first-order valence-electron chi connectivity index (χ1n) is 18.2. The number of imide groups is 1. The first-order valence-corrected chi connectivity index (χ1v) is 19.4. The Morgan fingerprint density at radius 1 is 1.00 bits per heavy atom. The van der Waals surface area contributed by atoms with E-state index in [9.17, 15) is 37.6 Å². The second kappa shape index (κ2) is 16.8. The van der Waals surface area contributed by atoms with Gasteiger partial charge in [0.2, 0.25) is 11.8 Å². The van der Waals surface area contributed by atoms with Crippen molar-refractivity contribution in [3.05, 3.63) is 87.4 Å². The molecule has 3 aliphatic heterocycles. The van der Waals surface area contributed by atoms with Crippen LogP contribution in [-0.2, 0) is 38.2 Å². The molecular formula is C40H40BrF3N6O5S. The third kappa shape index (κ3) is 9.12. The van der Waals surface area contributed by atoms with Crippen molar-refractivity contribution in [3.8, 4) is 11.8 Å². The molecule has 0 aromatic heterocycles. The van der Waals surface area contributed by atoms with E-state index in [0.29, 0.717) is 61.3 Å². The number of anilines is 2. The quantitative estimate of drug-likeness (QED) is 0.180. The molecular weight excluding hydrogens is 813 g/mol. The van der Waals surface area contributed by atoms with Gasteiger partial charge < -0.3 is 9.64 Å². The lowest BCUT2D eigenvalue weighted by Gasteiger charge is -2.34. The molecule has 6 rings (SSSR count). The second-order valence-electron chi connectivity index (χ2n) is 14.6. The lowest BCUT2D eigenvalue weighted by Crippen LogP contribution is -2.48. The van der Waals surface area contributed by atoms with Crippen LogP contribution in [0.5, 0.6) is 5.75 Å². The number of halogens is 4. The van der Waals surface area contributed by atoms with Gasteiger partial charge in [0.05, 0.1) is 33.9 Å². The van der Waals surface area contributed by atoms with E-state index in [0.717, 1.165) is 54.3 Å². The Labute approximate surface area is 336 Å². The number of carbonyl (C=O) groups excluding carboxylic acids is 4. The Kier molecular flexibility index (Phi) is 12.3. The summed E-state index contributed by atoms with van der Waals surface area (Å²) < 4.78 is 47.8. The zero-order valence-corrected chi connectivity index (χ0v) is 33.2. The van der Waals surface area contributed by atoms with E-state index < -0.39 is 28.7 Å². The van der Waals surface area contributed by atoms with Crippen molar-refractivity contribution in [3.63, 3.8) is 0 Å². The maximum absolute atomic E-state index is 13.7. The summed E-state index contributed by atoms with van der Waals surface area (Å²) in [6.45, 7) is 7.69. The van der Waals surface area contributed by atoms with Gasteiger partial charge in [-0.3, -0.25) is 39.2 Å². The number of alkyl halides is 3. The molecule has 0 aliphatic carbocycles. The predicted molar refractivity (Wildman–Crippen MR) is 210 cm³/mol. The van der Waals surface area contributed by atoms with Crippen molar-refractivity contribution in [2.75, 3.05) is 55.7 Å². The predicted octanol–water partition coefficient (Wildman–Crippen LogP) is 5.66. The number of ether oxygens (including phenoxy) is 1. The molecule has 16 heteroatoms. The number of nitrogens with zero attached hydrogens (tertiary/aromatic N) is 5.